The number of benzene rings is 3. The molecule has 1 fully saturated rings. The van der Waals surface area contributed by atoms with Crippen LogP contribution in [0.25, 0.3) is 23.0 Å². The van der Waals surface area contributed by atoms with Gasteiger partial charge in [0.2, 0.25) is 0 Å². The molecular weight excluding hydrogens is 428 g/mol. The molecule has 33 heavy (non-hydrogen) atoms. The summed E-state index contributed by atoms with van der Waals surface area (Å²) in [5, 5.41) is 7.60. The van der Waals surface area contributed by atoms with E-state index in [1.807, 2.05) is 95.8 Å². The molecule has 1 aliphatic rings. The quantitative estimate of drug-likeness (QED) is 0.377. The predicted molar refractivity (Wildman–Crippen MR) is 136 cm³/mol. The Morgan fingerprint density at radius 1 is 0.939 bits per heavy atom. The van der Waals surface area contributed by atoms with Gasteiger partial charge in [-0.2, -0.15) is 5.10 Å². The molecule has 0 saturated carbocycles. The van der Waals surface area contributed by atoms with Crippen LogP contribution in [0.1, 0.15) is 16.7 Å². The second kappa shape index (κ2) is 8.92. The van der Waals surface area contributed by atoms with Crippen molar-refractivity contribution in [2.24, 2.45) is 4.99 Å². The summed E-state index contributed by atoms with van der Waals surface area (Å²) < 4.78 is 1.86. The molecule has 0 unspecified atom stereocenters. The normalized spacial score (nSPS) is 15.9. The van der Waals surface area contributed by atoms with Crippen molar-refractivity contribution >= 4 is 34.6 Å². The highest BCUT2D eigenvalue weighted by molar-refractivity contribution is 8.18. The lowest BCUT2D eigenvalue weighted by Gasteiger charge is -2.03. The summed E-state index contributed by atoms with van der Waals surface area (Å²) in [4.78, 5) is 17.7. The number of hydrogen-bond donors (Lipinski definition) is 1. The lowest BCUT2D eigenvalue weighted by molar-refractivity contribution is 0.265. The summed E-state index contributed by atoms with van der Waals surface area (Å²) in [6.45, 7) is 4.13. The zero-order valence-electron chi connectivity index (χ0n) is 18.3. The predicted octanol–water partition coefficient (Wildman–Crippen LogP) is 6.68. The topological polar surface area (TPSA) is 59.3 Å². The van der Waals surface area contributed by atoms with Gasteiger partial charge in [-0.25, -0.2) is 9.67 Å². The second-order valence-corrected chi connectivity index (χ2v) is 8.85. The van der Waals surface area contributed by atoms with Crippen LogP contribution in [0.15, 0.2) is 95.0 Å². The van der Waals surface area contributed by atoms with E-state index in [9.17, 15) is 4.79 Å². The fraction of sp³-hybridized carbons (Fsp3) is 0.0741. The molecule has 1 saturated heterocycles. The van der Waals surface area contributed by atoms with Crippen LogP contribution < -0.4 is 5.32 Å². The average Bonchev–Trinajstić information content (AvgIpc) is 3.41. The minimum atomic E-state index is -0.138. The highest BCUT2D eigenvalue weighted by Gasteiger charge is 2.25. The number of amides is 1. The molecule has 1 N–H and O–H groups in total. The van der Waals surface area contributed by atoms with Crippen LogP contribution in [0.2, 0.25) is 0 Å². The van der Waals surface area contributed by atoms with Crippen molar-refractivity contribution < 1.29 is 4.79 Å². The molecule has 0 bridgehead atoms. The van der Waals surface area contributed by atoms with Gasteiger partial charge in [-0.15, -0.1) is 0 Å². The number of carbonyl (C=O) groups excluding carboxylic acids is 1. The monoisotopic (exact) mass is 450 g/mol. The molecule has 0 aliphatic carbocycles. The largest absolute Gasteiger partial charge is 0.300 e. The number of aryl methyl sites for hydroxylation is 2. The van der Waals surface area contributed by atoms with Gasteiger partial charge in [0.05, 0.1) is 22.0 Å². The van der Waals surface area contributed by atoms with Crippen LogP contribution in [0.3, 0.4) is 0 Å². The van der Waals surface area contributed by atoms with Crippen molar-refractivity contribution in [3.63, 3.8) is 0 Å². The number of aromatic nitrogens is 2. The molecule has 0 radical (unpaired) electrons. The van der Waals surface area contributed by atoms with Crippen molar-refractivity contribution in [2.75, 3.05) is 0 Å². The third kappa shape index (κ3) is 4.52. The molecule has 1 aliphatic heterocycles. The van der Waals surface area contributed by atoms with Gasteiger partial charge in [-0.05, 0) is 67.1 Å². The van der Waals surface area contributed by atoms with E-state index in [0.29, 0.717) is 5.84 Å². The van der Waals surface area contributed by atoms with Gasteiger partial charge < -0.3 is 5.32 Å². The Balaban J connectivity index is 1.60. The van der Waals surface area contributed by atoms with Crippen LogP contribution in [0.4, 0.5) is 10.5 Å². The number of para-hydroxylation sites is 1. The fourth-order valence-electron chi connectivity index (χ4n) is 3.60. The molecule has 4 aromatic rings. The number of hydrogen-bond acceptors (Lipinski definition) is 4. The Morgan fingerprint density at radius 3 is 2.39 bits per heavy atom. The Labute approximate surface area is 196 Å². The molecule has 0 atom stereocenters. The molecule has 162 valence electrons. The molecule has 1 aromatic heterocycles. The van der Waals surface area contributed by atoms with E-state index in [-0.39, 0.29) is 5.24 Å². The van der Waals surface area contributed by atoms with Crippen molar-refractivity contribution in [1.29, 1.82) is 0 Å². The van der Waals surface area contributed by atoms with Crippen molar-refractivity contribution in [3.05, 3.63) is 107 Å². The number of carbonyl (C=O) groups is 1. The van der Waals surface area contributed by atoms with Crippen molar-refractivity contribution in [1.82, 2.24) is 15.1 Å². The van der Waals surface area contributed by atoms with Gasteiger partial charge in [-0.1, -0.05) is 54.6 Å². The summed E-state index contributed by atoms with van der Waals surface area (Å²) >= 11 is 1.15. The number of thioether (sulfide) groups is 1. The van der Waals surface area contributed by atoms with Gasteiger partial charge in [0.1, 0.15) is 5.84 Å². The molecule has 3 aromatic carbocycles. The van der Waals surface area contributed by atoms with Crippen LogP contribution in [0, 0.1) is 13.8 Å². The van der Waals surface area contributed by atoms with Crippen LogP contribution in [-0.2, 0) is 0 Å². The number of nitrogens with zero attached hydrogens (tertiary/aromatic N) is 3. The fourth-order valence-corrected chi connectivity index (χ4v) is 4.33. The zero-order chi connectivity index (χ0) is 22.8. The van der Waals surface area contributed by atoms with E-state index < -0.39 is 0 Å². The number of nitrogens with one attached hydrogen (secondary N) is 1. The SMILES string of the molecule is Cc1ccc(N=C2NC(=O)S/C2=C\c2cn(-c3ccccc3)nc2-c2ccccc2)cc1C. The number of amidine groups is 1. The number of aliphatic imine (C=N–C) groups is 1. The lowest BCUT2D eigenvalue weighted by atomic mass is 10.1. The van der Waals surface area contributed by atoms with Gasteiger partial charge in [0.15, 0.2) is 0 Å². The minimum absolute atomic E-state index is 0.138. The van der Waals surface area contributed by atoms with Crippen LogP contribution in [-0.4, -0.2) is 20.9 Å². The van der Waals surface area contributed by atoms with E-state index in [4.69, 9.17) is 10.1 Å². The smallest absolute Gasteiger partial charge is 0.289 e. The molecule has 0 spiro atoms. The van der Waals surface area contributed by atoms with Crippen LogP contribution in [0.5, 0.6) is 0 Å². The van der Waals surface area contributed by atoms with E-state index in [0.717, 1.165) is 50.4 Å². The summed E-state index contributed by atoms with van der Waals surface area (Å²) in [7, 11) is 0. The van der Waals surface area contributed by atoms with Gasteiger partial charge >= 0.3 is 0 Å². The summed E-state index contributed by atoms with van der Waals surface area (Å²) in [5.74, 6) is 0.555. The Morgan fingerprint density at radius 2 is 1.67 bits per heavy atom. The summed E-state index contributed by atoms with van der Waals surface area (Å²) in [5.41, 5.74) is 6.92. The average molecular weight is 451 g/mol. The molecule has 5 nitrogen and oxygen atoms in total. The highest BCUT2D eigenvalue weighted by Crippen LogP contribution is 2.32. The van der Waals surface area contributed by atoms with Crippen molar-refractivity contribution in [2.45, 2.75) is 13.8 Å². The standard InChI is InChI=1S/C27H22N4OS/c1-18-13-14-22(15-19(18)2)28-26-24(33-27(32)29-26)16-21-17-31(23-11-7-4-8-12-23)30-25(21)20-9-5-3-6-10-20/h3-17H,1-2H3,(H,28,29,32)/b24-16-. The molecule has 1 amide bonds. The number of rotatable bonds is 4. The van der Waals surface area contributed by atoms with E-state index >= 15 is 0 Å². The highest BCUT2D eigenvalue weighted by atomic mass is 32.2. The van der Waals surface area contributed by atoms with E-state index in [1.165, 1.54) is 5.56 Å². The molecule has 6 heteroatoms. The first-order chi connectivity index (χ1) is 16.1. The Hall–Kier alpha value is -3.90. The van der Waals surface area contributed by atoms with Crippen LogP contribution >= 0.6 is 11.8 Å². The Bertz CT molecular complexity index is 1390. The summed E-state index contributed by atoms with van der Waals surface area (Å²) in [6.07, 6.45) is 3.97. The zero-order valence-corrected chi connectivity index (χ0v) is 19.1. The molecule has 2 heterocycles. The van der Waals surface area contributed by atoms with Crippen molar-refractivity contribution in [3.8, 4) is 16.9 Å². The maximum atomic E-state index is 12.3. The molecule has 5 rings (SSSR count). The third-order valence-corrected chi connectivity index (χ3v) is 6.30. The van der Waals surface area contributed by atoms with Gasteiger partial charge in [-0.3, -0.25) is 4.79 Å². The minimum Gasteiger partial charge on any atom is -0.300 e. The first-order valence-corrected chi connectivity index (χ1v) is 11.5. The molecular formula is C27H22N4OS. The summed E-state index contributed by atoms with van der Waals surface area (Å²) in [6, 6.07) is 26.1. The first kappa shape index (κ1) is 21.0. The van der Waals surface area contributed by atoms with Gasteiger partial charge in [0, 0.05) is 17.3 Å². The maximum Gasteiger partial charge on any atom is 0.289 e. The second-order valence-electron chi connectivity index (χ2n) is 7.83. The van der Waals surface area contributed by atoms with E-state index in [1.54, 1.807) is 0 Å². The maximum absolute atomic E-state index is 12.3. The van der Waals surface area contributed by atoms with E-state index in [2.05, 4.69) is 19.2 Å². The lowest BCUT2D eigenvalue weighted by Crippen LogP contribution is -2.18. The third-order valence-electron chi connectivity index (χ3n) is 5.49. The van der Waals surface area contributed by atoms with Gasteiger partial charge in [0.25, 0.3) is 5.24 Å². The Kier molecular flexibility index (Phi) is 5.67. The first-order valence-electron chi connectivity index (χ1n) is 10.6.